The summed E-state index contributed by atoms with van der Waals surface area (Å²) in [5, 5.41) is 15.5. The predicted molar refractivity (Wildman–Crippen MR) is 116 cm³/mol. The molecule has 1 saturated heterocycles. The Kier molecular flexibility index (Phi) is 6.68. The van der Waals surface area contributed by atoms with Crippen molar-refractivity contribution < 1.29 is 19.0 Å². The van der Waals surface area contributed by atoms with Crippen LogP contribution in [0.25, 0.3) is 0 Å². The van der Waals surface area contributed by atoms with E-state index in [4.69, 9.17) is 17.0 Å². The van der Waals surface area contributed by atoms with Gasteiger partial charge in [-0.15, -0.1) is 0 Å². The summed E-state index contributed by atoms with van der Waals surface area (Å²) in [6.07, 6.45) is -0.403. The Bertz CT molecular complexity index is 901. The molecule has 29 heavy (non-hydrogen) atoms. The van der Waals surface area contributed by atoms with Crippen molar-refractivity contribution in [1.82, 2.24) is 10.6 Å². The maximum Gasteiger partial charge on any atom is 0.257 e. The lowest BCUT2D eigenvalue weighted by Crippen LogP contribution is -2.68. The summed E-state index contributed by atoms with van der Waals surface area (Å²) in [5.74, 6) is -0.411. The van der Waals surface area contributed by atoms with Crippen LogP contribution in [0.5, 0.6) is 0 Å². The molecule has 3 N–H and O–H groups in total. The van der Waals surface area contributed by atoms with Crippen molar-refractivity contribution in [3.63, 3.8) is 0 Å². The maximum absolute atomic E-state index is 16.1. The van der Waals surface area contributed by atoms with Crippen LogP contribution in [0.3, 0.4) is 0 Å². The van der Waals surface area contributed by atoms with E-state index in [-0.39, 0.29) is 24.2 Å². The van der Waals surface area contributed by atoms with Gasteiger partial charge in [-0.25, -0.2) is 4.39 Å². The Labute approximate surface area is 182 Å². The van der Waals surface area contributed by atoms with Gasteiger partial charge in [-0.2, -0.15) is 0 Å². The number of ether oxygens (including phenoxy) is 1. The smallest absolute Gasteiger partial charge is 0.257 e. The van der Waals surface area contributed by atoms with Crippen LogP contribution in [0.1, 0.15) is 29.3 Å². The van der Waals surface area contributed by atoms with Crippen LogP contribution in [0.4, 0.5) is 4.39 Å². The summed E-state index contributed by atoms with van der Waals surface area (Å²) in [5.41, 5.74) is -2.56. The SMILES string of the molecule is C[C@H]1C[C@@](F)(CO)[C@](NC(=S)NC(=O)c2ccccc2)(c2cccc(Br)c2)CO1. The van der Waals surface area contributed by atoms with E-state index in [1.165, 1.54) is 0 Å². The van der Waals surface area contributed by atoms with Crippen molar-refractivity contribution in [2.75, 3.05) is 13.2 Å². The zero-order valence-corrected chi connectivity index (χ0v) is 18.2. The van der Waals surface area contributed by atoms with Gasteiger partial charge < -0.3 is 15.2 Å². The summed E-state index contributed by atoms with van der Waals surface area (Å²) in [6, 6.07) is 15.7. The van der Waals surface area contributed by atoms with Gasteiger partial charge in [-0.05, 0) is 49.0 Å². The predicted octanol–water partition coefficient (Wildman–Crippen LogP) is 3.46. The van der Waals surface area contributed by atoms with Crippen LogP contribution in [0.15, 0.2) is 59.1 Å². The Morgan fingerprint density at radius 1 is 1.31 bits per heavy atom. The number of hydrogen-bond donors (Lipinski definition) is 3. The molecule has 1 aliphatic heterocycles. The number of amides is 1. The quantitative estimate of drug-likeness (QED) is 0.584. The zero-order chi connectivity index (χ0) is 21.1. The van der Waals surface area contributed by atoms with Crippen LogP contribution >= 0.6 is 28.1 Å². The molecule has 5 nitrogen and oxygen atoms in total. The van der Waals surface area contributed by atoms with E-state index >= 15 is 4.39 Å². The number of benzene rings is 2. The van der Waals surface area contributed by atoms with E-state index in [9.17, 15) is 9.90 Å². The van der Waals surface area contributed by atoms with E-state index in [2.05, 4.69) is 26.6 Å². The van der Waals surface area contributed by atoms with Crippen molar-refractivity contribution in [2.24, 2.45) is 0 Å². The Morgan fingerprint density at radius 3 is 2.69 bits per heavy atom. The van der Waals surface area contributed by atoms with Crippen molar-refractivity contribution in [3.05, 3.63) is 70.2 Å². The molecule has 0 aliphatic carbocycles. The molecule has 3 rings (SSSR count). The summed E-state index contributed by atoms with van der Waals surface area (Å²) in [7, 11) is 0. The number of halogens is 2. The number of nitrogens with one attached hydrogen (secondary N) is 2. The Morgan fingerprint density at radius 2 is 2.03 bits per heavy atom. The van der Waals surface area contributed by atoms with Crippen LogP contribution in [-0.4, -0.2) is 41.1 Å². The van der Waals surface area contributed by atoms with Gasteiger partial charge in [0.15, 0.2) is 10.8 Å². The van der Waals surface area contributed by atoms with E-state index in [0.29, 0.717) is 11.1 Å². The van der Waals surface area contributed by atoms with Crippen molar-refractivity contribution >= 4 is 39.2 Å². The highest BCUT2D eigenvalue weighted by Crippen LogP contribution is 2.44. The molecule has 3 atom stereocenters. The van der Waals surface area contributed by atoms with Crippen LogP contribution < -0.4 is 10.6 Å². The van der Waals surface area contributed by atoms with Gasteiger partial charge in [0.05, 0.1) is 19.3 Å². The highest BCUT2D eigenvalue weighted by atomic mass is 79.9. The summed E-state index contributed by atoms with van der Waals surface area (Å²) in [4.78, 5) is 12.5. The first kappa shape index (κ1) is 21.8. The third-order valence-corrected chi connectivity index (χ3v) is 5.82. The molecule has 8 heteroatoms. The van der Waals surface area contributed by atoms with Gasteiger partial charge in [-0.3, -0.25) is 10.1 Å². The van der Waals surface area contributed by atoms with E-state index < -0.39 is 23.7 Å². The van der Waals surface area contributed by atoms with Gasteiger partial charge in [0, 0.05) is 16.5 Å². The van der Waals surface area contributed by atoms with Gasteiger partial charge in [0.1, 0.15) is 5.54 Å². The fourth-order valence-electron chi connectivity index (χ4n) is 3.59. The molecule has 1 fully saturated rings. The van der Waals surface area contributed by atoms with E-state index in [0.717, 1.165) is 4.47 Å². The van der Waals surface area contributed by atoms with Crippen LogP contribution in [0, 0.1) is 0 Å². The van der Waals surface area contributed by atoms with Crippen LogP contribution in [-0.2, 0) is 10.3 Å². The lowest BCUT2D eigenvalue weighted by molar-refractivity contribution is -0.142. The highest BCUT2D eigenvalue weighted by molar-refractivity contribution is 9.10. The normalized spacial score (nSPS) is 26.6. The number of carbonyl (C=O) groups excluding carboxylic acids is 1. The Hall–Kier alpha value is -1.87. The van der Waals surface area contributed by atoms with Gasteiger partial charge in [-0.1, -0.05) is 46.3 Å². The summed E-state index contributed by atoms with van der Waals surface area (Å²) >= 11 is 8.74. The molecule has 1 heterocycles. The maximum atomic E-state index is 16.1. The topological polar surface area (TPSA) is 70.6 Å². The van der Waals surface area contributed by atoms with Gasteiger partial charge >= 0.3 is 0 Å². The molecule has 1 amide bonds. The third kappa shape index (κ3) is 4.50. The average molecular weight is 481 g/mol. The fourth-order valence-corrected chi connectivity index (χ4v) is 4.26. The summed E-state index contributed by atoms with van der Waals surface area (Å²) in [6.45, 7) is 0.961. The minimum Gasteiger partial charge on any atom is -0.393 e. The van der Waals surface area contributed by atoms with Crippen molar-refractivity contribution in [3.8, 4) is 0 Å². The molecular weight excluding hydrogens is 459 g/mol. The molecule has 0 saturated carbocycles. The summed E-state index contributed by atoms with van der Waals surface area (Å²) < 4.78 is 22.6. The monoisotopic (exact) mass is 480 g/mol. The lowest BCUT2D eigenvalue weighted by atomic mass is 9.72. The first-order valence-corrected chi connectivity index (χ1v) is 10.4. The van der Waals surface area contributed by atoms with E-state index in [1.807, 2.05) is 6.07 Å². The average Bonchev–Trinajstić information content (AvgIpc) is 2.71. The Balaban J connectivity index is 1.94. The molecule has 0 unspecified atom stereocenters. The number of hydrogen-bond acceptors (Lipinski definition) is 4. The molecule has 154 valence electrons. The first-order valence-electron chi connectivity index (χ1n) is 9.16. The van der Waals surface area contributed by atoms with Crippen LogP contribution in [0.2, 0.25) is 0 Å². The molecule has 0 bridgehead atoms. The molecule has 0 spiro atoms. The molecule has 1 aliphatic rings. The minimum absolute atomic E-state index is 0.0295. The zero-order valence-electron chi connectivity index (χ0n) is 15.8. The number of aliphatic hydroxyl groups excluding tert-OH is 1. The standard InChI is InChI=1S/C21H22BrFN2O3S/c1-14-11-20(23,12-26)21(13-28-14,16-8-5-9-17(22)10-16)25-19(29)24-18(27)15-6-3-2-4-7-15/h2-10,14,26H,11-13H2,1H3,(H2,24,25,27,29)/t14-,20+,21+/m0/s1. The third-order valence-electron chi connectivity index (χ3n) is 5.12. The molecule has 2 aromatic rings. The molecule has 2 aromatic carbocycles. The van der Waals surface area contributed by atoms with Gasteiger partial charge in [0.25, 0.3) is 5.91 Å². The second-order valence-corrected chi connectivity index (χ2v) is 8.46. The first-order chi connectivity index (χ1) is 13.8. The van der Waals surface area contributed by atoms with E-state index in [1.54, 1.807) is 55.5 Å². The fraction of sp³-hybridized carbons (Fsp3) is 0.333. The molecular formula is C21H22BrFN2O3S. The highest BCUT2D eigenvalue weighted by Gasteiger charge is 2.57. The minimum atomic E-state index is -2.06. The number of carbonyl (C=O) groups is 1. The largest absolute Gasteiger partial charge is 0.393 e. The van der Waals surface area contributed by atoms with Crippen molar-refractivity contribution in [1.29, 1.82) is 0 Å². The number of thiocarbonyl (C=S) groups is 1. The second kappa shape index (κ2) is 8.87. The van der Waals surface area contributed by atoms with Crippen molar-refractivity contribution in [2.45, 2.75) is 30.7 Å². The molecule has 0 radical (unpaired) electrons. The lowest BCUT2D eigenvalue weighted by Gasteiger charge is -2.50. The molecule has 0 aromatic heterocycles. The number of alkyl halides is 1. The number of rotatable bonds is 4. The van der Waals surface area contributed by atoms with Gasteiger partial charge in [0.2, 0.25) is 0 Å². The second-order valence-electron chi connectivity index (χ2n) is 7.14. The number of aliphatic hydroxyl groups is 1.